The van der Waals surface area contributed by atoms with Crippen LogP contribution >= 0.6 is 11.6 Å². The van der Waals surface area contributed by atoms with Gasteiger partial charge >= 0.3 is 5.97 Å². The molecule has 1 saturated carbocycles. The zero-order valence-electron chi connectivity index (χ0n) is 20.0. The van der Waals surface area contributed by atoms with Crippen molar-refractivity contribution in [3.8, 4) is 11.1 Å². The van der Waals surface area contributed by atoms with Crippen molar-refractivity contribution in [3.05, 3.63) is 51.8 Å². The van der Waals surface area contributed by atoms with Crippen LogP contribution in [-0.2, 0) is 9.53 Å². The number of carboxylic acid groups (broad SMARTS) is 1. The molecule has 6 nitrogen and oxygen atoms in total. The molecule has 2 N–H and O–H groups in total. The number of hydrogen-bond donors (Lipinski definition) is 2. The van der Waals surface area contributed by atoms with Gasteiger partial charge in [0, 0.05) is 22.8 Å². The van der Waals surface area contributed by atoms with Crippen molar-refractivity contribution < 1.29 is 19.4 Å². The fourth-order valence-corrected chi connectivity index (χ4v) is 4.59. The van der Waals surface area contributed by atoms with Crippen LogP contribution in [0.5, 0.6) is 0 Å². The number of aliphatic carboxylic acids is 1. The minimum Gasteiger partial charge on any atom is -0.479 e. The summed E-state index contributed by atoms with van der Waals surface area (Å²) in [7, 11) is 0. The summed E-state index contributed by atoms with van der Waals surface area (Å²) in [4.78, 5) is 30.0. The molecule has 1 atom stereocenters. The number of carbonyl (C=O) groups is 2. The van der Waals surface area contributed by atoms with Gasteiger partial charge < -0.3 is 15.2 Å². The van der Waals surface area contributed by atoms with Gasteiger partial charge in [-0.15, -0.1) is 0 Å². The summed E-state index contributed by atoms with van der Waals surface area (Å²) < 4.78 is 5.96. The Morgan fingerprint density at radius 3 is 2.33 bits per heavy atom. The molecule has 1 aliphatic rings. The number of halogens is 1. The maximum absolute atomic E-state index is 13.1. The Morgan fingerprint density at radius 2 is 1.79 bits per heavy atom. The van der Waals surface area contributed by atoms with Crippen LogP contribution in [0.3, 0.4) is 0 Å². The van der Waals surface area contributed by atoms with Crippen molar-refractivity contribution in [2.24, 2.45) is 5.92 Å². The third-order valence-corrected chi connectivity index (χ3v) is 6.25. The van der Waals surface area contributed by atoms with E-state index in [1.807, 2.05) is 32.9 Å². The van der Waals surface area contributed by atoms with Gasteiger partial charge in [-0.2, -0.15) is 0 Å². The Bertz CT molecular complexity index is 1020. The van der Waals surface area contributed by atoms with Crippen LogP contribution in [0.4, 0.5) is 0 Å². The summed E-state index contributed by atoms with van der Waals surface area (Å²) in [5, 5.41) is 13.7. The second-order valence-corrected chi connectivity index (χ2v) is 10.2. The molecule has 1 heterocycles. The fraction of sp³-hybridized carbons (Fsp3) is 0.500. The van der Waals surface area contributed by atoms with Crippen molar-refractivity contribution in [2.75, 3.05) is 6.54 Å². The lowest BCUT2D eigenvalue weighted by atomic mass is 9.89. The number of nitrogens with one attached hydrogen (secondary N) is 1. The first-order valence-electron chi connectivity index (χ1n) is 11.4. The average molecular weight is 473 g/mol. The zero-order valence-corrected chi connectivity index (χ0v) is 20.8. The van der Waals surface area contributed by atoms with Gasteiger partial charge in [0.1, 0.15) is 5.69 Å². The van der Waals surface area contributed by atoms with Gasteiger partial charge in [0.25, 0.3) is 5.91 Å². The van der Waals surface area contributed by atoms with Gasteiger partial charge in [0.15, 0.2) is 6.10 Å². The molecule has 0 spiro atoms. The topological polar surface area (TPSA) is 88.5 Å². The Morgan fingerprint density at radius 1 is 1.18 bits per heavy atom. The maximum atomic E-state index is 13.1. The second-order valence-electron chi connectivity index (χ2n) is 9.78. The number of carboxylic acids is 1. The summed E-state index contributed by atoms with van der Waals surface area (Å²) in [5.41, 5.74) is 2.52. The first-order valence-corrected chi connectivity index (χ1v) is 11.8. The van der Waals surface area contributed by atoms with Crippen LogP contribution in [0.25, 0.3) is 11.1 Å². The van der Waals surface area contributed by atoms with Crippen LogP contribution in [0.1, 0.15) is 79.9 Å². The second kappa shape index (κ2) is 10.2. The van der Waals surface area contributed by atoms with Crippen molar-refractivity contribution in [2.45, 2.75) is 72.0 Å². The smallest absolute Gasteiger partial charge is 0.337 e. The lowest BCUT2D eigenvalue weighted by Crippen LogP contribution is -2.31. The Kier molecular flexibility index (Phi) is 7.80. The molecule has 1 aliphatic carbocycles. The Balaban J connectivity index is 2.12. The molecule has 0 saturated heterocycles. The predicted octanol–water partition coefficient (Wildman–Crippen LogP) is 5.88. The Hall–Kier alpha value is -2.44. The SMILES string of the molecule is Cc1nc(C(=O)NCC2CCCC2)c(C)c(-c2ccc(Cl)cc2)c1[C@H](OC(C)(C)C)C(=O)O. The van der Waals surface area contributed by atoms with Crippen molar-refractivity contribution >= 4 is 23.5 Å². The molecule has 178 valence electrons. The highest BCUT2D eigenvalue weighted by Crippen LogP contribution is 2.38. The number of nitrogens with zero attached hydrogens (tertiary/aromatic N) is 1. The van der Waals surface area contributed by atoms with E-state index in [0.29, 0.717) is 45.6 Å². The van der Waals surface area contributed by atoms with E-state index in [9.17, 15) is 14.7 Å². The highest BCUT2D eigenvalue weighted by atomic mass is 35.5. The van der Waals surface area contributed by atoms with Gasteiger partial charge in [-0.3, -0.25) is 4.79 Å². The first-order chi connectivity index (χ1) is 15.5. The predicted molar refractivity (Wildman–Crippen MR) is 130 cm³/mol. The molecule has 1 amide bonds. The summed E-state index contributed by atoms with van der Waals surface area (Å²) in [6.45, 7) is 9.59. The van der Waals surface area contributed by atoms with E-state index in [2.05, 4.69) is 10.3 Å². The highest BCUT2D eigenvalue weighted by Gasteiger charge is 2.33. The van der Waals surface area contributed by atoms with Crippen molar-refractivity contribution in [3.63, 3.8) is 0 Å². The van der Waals surface area contributed by atoms with E-state index in [0.717, 1.165) is 18.4 Å². The summed E-state index contributed by atoms with van der Waals surface area (Å²) in [6.07, 6.45) is 3.43. The van der Waals surface area contributed by atoms with E-state index in [1.54, 1.807) is 26.0 Å². The lowest BCUT2D eigenvalue weighted by molar-refractivity contribution is -0.160. The molecule has 1 aromatic heterocycles. The molecule has 3 rings (SSSR count). The highest BCUT2D eigenvalue weighted by molar-refractivity contribution is 6.30. The normalized spacial score (nSPS) is 15.5. The number of aryl methyl sites for hydroxylation is 1. The zero-order chi connectivity index (χ0) is 24.3. The number of rotatable bonds is 7. The molecule has 0 aliphatic heterocycles. The third kappa shape index (κ3) is 6.12. The third-order valence-electron chi connectivity index (χ3n) is 6.00. The van der Waals surface area contributed by atoms with Crippen molar-refractivity contribution in [1.82, 2.24) is 10.3 Å². The average Bonchev–Trinajstić information content (AvgIpc) is 3.25. The van der Waals surface area contributed by atoms with E-state index in [1.165, 1.54) is 12.8 Å². The molecule has 1 aromatic carbocycles. The summed E-state index contributed by atoms with van der Waals surface area (Å²) >= 11 is 6.10. The largest absolute Gasteiger partial charge is 0.479 e. The Labute approximate surface area is 200 Å². The van der Waals surface area contributed by atoms with E-state index < -0.39 is 17.7 Å². The fourth-order valence-electron chi connectivity index (χ4n) is 4.47. The van der Waals surface area contributed by atoms with E-state index >= 15 is 0 Å². The number of benzene rings is 1. The number of carbonyl (C=O) groups excluding carboxylic acids is 1. The van der Waals surface area contributed by atoms with E-state index in [-0.39, 0.29) is 5.91 Å². The van der Waals surface area contributed by atoms with Gasteiger partial charge in [-0.25, -0.2) is 9.78 Å². The molecular weight excluding hydrogens is 440 g/mol. The standard InChI is InChI=1S/C26H33ClN2O4/c1-15-20(18-10-12-19(27)13-11-18)21(23(25(31)32)33-26(3,4)5)16(2)29-22(15)24(30)28-14-17-8-6-7-9-17/h10-13,17,23H,6-9,14H2,1-5H3,(H,28,30)(H,31,32)/t23-/m0/s1. The molecule has 0 radical (unpaired) electrons. The molecule has 7 heteroatoms. The lowest BCUT2D eigenvalue weighted by Gasteiger charge is -2.28. The first kappa shape index (κ1) is 25.2. The monoisotopic (exact) mass is 472 g/mol. The molecule has 33 heavy (non-hydrogen) atoms. The summed E-state index contributed by atoms with van der Waals surface area (Å²) in [5.74, 6) is -0.849. The van der Waals surface area contributed by atoms with Crippen LogP contribution in [0, 0.1) is 19.8 Å². The number of hydrogen-bond acceptors (Lipinski definition) is 4. The number of pyridine rings is 1. The van der Waals surface area contributed by atoms with E-state index in [4.69, 9.17) is 16.3 Å². The van der Waals surface area contributed by atoms with Crippen LogP contribution in [-0.4, -0.2) is 34.1 Å². The van der Waals surface area contributed by atoms with Crippen LogP contribution in [0.15, 0.2) is 24.3 Å². The van der Waals surface area contributed by atoms with Gasteiger partial charge in [0.05, 0.1) is 5.60 Å². The summed E-state index contributed by atoms with van der Waals surface area (Å²) in [6, 6.07) is 7.14. The molecular formula is C26H33ClN2O4. The number of amides is 1. The quantitative estimate of drug-likeness (QED) is 0.525. The van der Waals surface area contributed by atoms with Crippen LogP contribution in [0.2, 0.25) is 5.02 Å². The van der Waals surface area contributed by atoms with Gasteiger partial charge in [0.2, 0.25) is 0 Å². The van der Waals surface area contributed by atoms with Crippen molar-refractivity contribution in [1.29, 1.82) is 0 Å². The minimum atomic E-state index is -1.24. The minimum absolute atomic E-state index is 0.243. The number of aromatic nitrogens is 1. The molecule has 1 fully saturated rings. The van der Waals surface area contributed by atoms with Gasteiger partial charge in [-0.1, -0.05) is 36.6 Å². The van der Waals surface area contributed by atoms with Crippen LogP contribution < -0.4 is 5.32 Å². The molecule has 2 aromatic rings. The maximum Gasteiger partial charge on any atom is 0.337 e. The van der Waals surface area contributed by atoms with Gasteiger partial charge in [-0.05, 0) is 82.2 Å². The molecule has 0 unspecified atom stereocenters. The molecule has 0 bridgehead atoms. The number of ether oxygens (including phenoxy) is 1.